The number of nitrogens with zero attached hydrogens (tertiary/aromatic N) is 3. The Balaban J connectivity index is 1.56. The second-order valence-corrected chi connectivity index (χ2v) is 8.46. The zero-order valence-corrected chi connectivity index (χ0v) is 15.1. The van der Waals surface area contributed by atoms with Crippen LogP contribution in [0.1, 0.15) is 35.7 Å². The van der Waals surface area contributed by atoms with Crippen LogP contribution in [0.2, 0.25) is 0 Å². The molecule has 132 valence electrons. The number of nitrogens with one attached hydrogen (secondary N) is 2. The molecule has 1 saturated heterocycles. The molecule has 1 aliphatic heterocycles. The normalized spacial score (nSPS) is 17.4. The lowest BCUT2D eigenvalue weighted by Gasteiger charge is -2.31. The molecule has 3 aromatic rings. The summed E-state index contributed by atoms with van der Waals surface area (Å²) in [5.41, 5.74) is 4.33. The minimum atomic E-state index is -3.50. The molecule has 1 aliphatic rings. The van der Waals surface area contributed by atoms with Gasteiger partial charge in [-0.25, -0.2) is 8.42 Å². The van der Waals surface area contributed by atoms with Crippen LogP contribution < -0.4 is 0 Å². The number of rotatable bonds is 3. The molecule has 0 radical (unpaired) electrons. The summed E-state index contributed by atoms with van der Waals surface area (Å²) in [6.45, 7) is 4.49. The minimum absolute atomic E-state index is 0.319. The first-order valence-corrected chi connectivity index (χ1v) is 9.86. The Bertz CT molecular complexity index is 993. The van der Waals surface area contributed by atoms with Gasteiger partial charge in [-0.05, 0) is 50.3 Å². The molecule has 0 spiro atoms. The van der Waals surface area contributed by atoms with Crippen LogP contribution in [-0.4, -0.2) is 46.0 Å². The molecular formula is C17H21N5O2S. The Labute approximate surface area is 146 Å². The summed E-state index contributed by atoms with van der Waals surface area (Å²) < 4.78 is 27.5. The first-order valence-electron chi connectivity index (χ1n) is 8.42. The largest absolute Gasteiger partial charge is 0.360 e. The van der Waals surface area contributed by atoms with Crippen molar-refractivity contribution in [2.75, 3.05) is 13.1 Å². The van der Waals surface area contributed by atoms with E-state index in [1.807, 2.05) is 18.3 Å². The lowest BCUT2D eigenvalue weighted by molar-refractivity contribution is 0.320. The maximum absolute atomic E-state index is 12.9. The molecular weight excluding hydrogens is 338 g/mol. The third-order valence-electron chi connectivity index (χ3n) is 5.02. The summed E-state index contributed by atoms with van der Waals surface area (Å²) in [5.74, 6) is 0.321. The number of H-pyrrole nitrogens is 2. The predicted octanol–water partition coefficient (Wildman–Crippen LogP) is 2.47. The number of fused-ring (bicyclic) bond motifs is 1. The number of piperidine rings is 1. The van der Waals surface area contributed by atoms with Crippen LogP contribution in [-0.2, 0) is 10.0 Å². The first kappa shape index (κ1) is 16.3. The highest BCUT2D eigenvalue weighted by Crippen LogP contribution is 2.34. The number of sulfonamides is 1. The number of hydrogen-bond acceptors (Lipinski definition) is 4. The maximum Gasteiger partial charge on any atom is 0.246 e. The number of aromatic nitrogens is 4. The summed E-state index contributed by atoms with van der Waals surface area (Å²) in [4.78, 5) is 8.05. The van der Waals surface area contributed by atoms with E-state index in [0.717, 1.165) is 23.9 Å². The molecule has 25 heavy (non-hydrogen) atoms. The lowest BCUT2D eigenvalue weighted by Crippen LogP contribution is -2.38. The Hall–Kier alpha value is -2.19. The lowest BCUT2D eigenvalue weighted by atomic mass is 9.91. The fourth-order valence-corrected chi connectivity index (χ4v) is 5.55. The molecule has 8 heteroatoms. The molecule has 0 saturated carbocycles. The average Bonchev–Trinajstić information content (AvgIpc) is 3.18. The van der Waals surface area contributed by atoms with Gasteiger partial charge in [0.2, 0.25) is 10.0 Å². The second-order valence-electron chi connectivity index (χ2n) is 6.59. The summed E-state index contributed by atoms with van der Waals surface area (Å²) in [6, 6.07) is 3.92. The third kappa shape index (κ3) is 2.65. The summed E-state index contributed by atoms with van der Waals surface area (Å²) in [6.07, 6.45) is 5.39. The van der Waals surface area contributed by atoms with Crippen molar-refractivity contribution in [3.63, 3.8) is 0 Å². The molecule has 4 heterocycles. The first-order chi connectivity index (χ1) is 12.0. The standard InChI is InChI=1S/C17H21N5O2S/c1-11-17(12(2)21-20-11)25(23,24)22-8-5-13(6-9-22)14-10-19-15-4-3-7-18-16(14)15/h3-4,7,10,13,19H,5-6,8-9H2,1-2H3,(H,20,21). The quantitative estimate of drug-likeness (QED) is 0.751. The van der Waals surface area contributed by atoms with Crippen molar-refractivity contribution in [3.05, 3.63) is 41.5 Å². The SMILES string of the molecule is Cc1n[nH]c(C)c1S(=O)(=O)N1CCC(c2c[nH]c3cccnc23)CC1. The number of aromatic amines is 2. The van der Waals surface area contributed by atoms with E-state index in [1.165, 1.54) is 5.56 Å². The number of hydrogen-bond donors (Lipinski definition) is 2. The topological polar surface area (TPSA) is 94.7 Å². The molecule has 0 atom stereocenters. The van der Waals surface area contributed by atoms with Crippen molar-refractivity contribution >= 4 is 21.1 Å². The minimum Gasteiger partial charge on any atom is -0.360 e. The Morgan fingerprint density at radius 2 is 2.00 bits per heavy atom. The van der Waals surface area contributed by atoms with E-state index in [9.17, 15) is 8.42 Å². The van der Waals surface area contributed by atoms with Crippen molar-refractivity contribution < 1.29 is 8.42 Å². The zero-order valence-electron chi connectivity index (χ0n) is 14.3. The van der Waals surface area contributed by atoms with Crippen molar-refractivity contribution in [3.8, 4) is 0 Å². The van der Waals surface area contributed by atoms with Gasteiger partial charge in [0.25, 0.3) is 0 Å². The second kappa shape index (κ2) is 5.96. The van der Waals surface area contributed by atoms with E-state index in [-0.39, 0.29) is 0 Å². The van der Waals surface area contributed by atoms with E-state index in [2.05, 4.69) is 20.2 Å². The van der Waals surface area contributed by atoms with E-state index in [4.69, 9.17) is 0 Å². The van der Waals surface area contributed by atoms with Crippen LogP contribution >= 0.6 is 0 Å². The van der Waals surface area contributed by atoms with Crippen LogP contribution in [0.3, 0.4) is 0 Å². The fraction of sp³-hybridized carbons (Fsp3) is 0.412. The van der Waals surface area contributed by atoms with Gasteiger partial charge in [0.15, 0.2) is 0 Å². The van der Waals surface area contributed by atoms with Crippen LogP contribution in [0.25, 0.3) is 11.0 Å². The van der Waals surface area contributed by atoms with Gasteiger partial charge >= 0.3 is 0 Å². The van der Waals surface area contributed by atoms with E-state index < -0.39 is 10.0 Å². The highest BCUT2D eigenvalue weighted by molar-refractivity contribution is 7.89. The van der Waals surface area contributed by atoms with Crippen molar-refractivity contribution in [1.82, 2.24) is 24.5 Å². The van der Waals surface area contributed by atoms with Gasteiger partial charge in [0.05, 0.1) is 22.4 Å². The summed E-state index contributed by atoms with van der Waals surface area (Å²) in [5, 5.41) is 6.79. The Kier molecular flexibility index (Phi) is 3.88. The van der Waals surface area contributed by atoms with Crippen LogP contribution in [0.4, 0.5) is 0 Å². The van der Waals surface area contributed by atoms with Gasteiger partial charge in [0, 0.05) is 25.5 Å². The van der Waals surface area contributed by atoms with Crippen LogP contribution in [0.5, 0.6) is 0 Å². The van der Waals surface area contributed by atoms with Gasteiger partial charge in [0.1, 0.15) is 4.90 Å². The monoisotopic (exact) mass is 359 g/mol. The molecule has 0 aromatic carbocycles. The summed E-state index contributed by atoms with van der Waals surface area (Å²) >= 11 is 0. The van der Waals surface area contributed by atoms with Gasteiger partial charge in [-0.2, -0.15) is 9.40 Å². The molecule has 0 amide bonds. The Morgan fingerprint density at radius 1 is 1.24 bits per heavy atom. The molecule has 0 bridgehead atoms. The van der Waals surface area contributed by atoms with Crippen LogP contribution in [0, 0.1) is 13.8 Å². The van der Waals surface area contributed by atoms with Gasteiger partial charge in [-0.15, -0.1) is 0 Å². The average molecular weight is 359 g/mol. The molecule has 4 rings (SSSR count). The van der Waals surface area contributed by atoms with E-state index >= 15 is 0 Å². The van der Waals surface area contributed by atoms with Gasteiger partial charge in [-0.3, -0.25) is 10.1 Å². The van der Waals surface area contributed by atoms with Gasteiger partial charge < -0.3 is 4.98 Å². The van der Waals surface area contributed by atoms with Crippen molar-refractivity contribution in [2.45, 2.75) is 37.5 Å². The predicted molar refractivity (Wildman–Crippen MR) is 94.9 cm³/mol. The zero-order chi connectivity index (χ0) is 17.6. The van der Waals surface area contributed by atoms with E-state index in [1.54, 1.807) is 24.3 Å². The molecule has 0 unspecified atom stereocenters. The highest BCUT2D eigenvalue weighted by Gasteiger charge is 2.33. The van der Waals surface area contributed by atoms with Crippen molar-refractivity contribution in [1.29, 1.82) is 0 Å². The highest BCUT2D eigenvalue weighted by atomic mass is 32.2. The van der Waals surface area contributed by atoms with Crippen LogP contribution in [0.15, 0.2) is 29.4 Å². The summed E-state index contributed by atoms with van der Waals surface area (Å²) in [7, 11) is -3.50. The molecule has 7 nitrogen and oxygen atoms in total. The fourth-order valence-electron chi connectivity index (χ4n) is 3.74. The molecule has 1 fully saturated rings. The van der Waals surface area contributed by atoms with Gasteiger partial charge in [-0.1, -0.05) is 0 Å². The number of aryl methyl sites for hydroxylation is 2. The molecule has 0 aliphatic carbocycles. The maximum atomic E-state index is 12.9. The number of pyridine rings is 1. The van der Waals surface area contributed by atoms with E-state index in [0.29, 0.717) is 35.3 Å². The molecule has 2 N–H and O–H groups in total. The third-order valence-corrected chi connectivity index (χ3v) is 7.18. The smallest absolute Gasteiger partial charge is 0.246 e. The van der Waals surface area contributed by atoms with Crippen molar-refractivity contribution in [2.24, 2.45) is 0 Å². The molecule has 3 aromatic heterocycles. The Morgan fingerprint density at radius 3 is 2.68 bits per heavy atom.